The van der Waals surface area contributed by atoms with Gasteiger partial charge in [0.2, 0.25) is 0 Å². The Bertz CT molecular complexity index is 468. The Hall–Kier alpha value is -1.32. The second kappa shape index (κ2) is 7.46. The zero-order chi connectivity index (χ0) is 13.8. The molecule has 1 amide bonds. The van der Waals surface area contributed by atoms with E-state index in [1.807, 2.05) is 29.2 Å². The van der Waals surface area contributed by atoms with Crippen LogP contribution in [0.3, 0.4) is 0 Å². The molecule has 0 aliphatic carbocycles. The largest absolute Gasteiger partial charge is 0.330 e. The molecule has 0 radical (unpaired) electrons. The summed E-state index contributed by atoms with van der Waals surface area (Å²) in [5.74, 6) is 0.558. The lowest BCUT2D eigenvalue weighted by Gasteiger charge is -2.27. The average molecular weight is 295 g/mol. The predicted molar refractivity (Wildman–Crippen MR) is 85.3 cm³/mol. The van der Waals surface area contributed by atoms with Crippen LogP contribution >= 0.6 is 12.4 Å². The van der Waals surface area contributed by atoms with Gasteiger partial charge in [-0.05, 0) is 36.6 Å². The van der Waals surface area contributed by atoms with E-state index in [0.29, 0.717) is 19.0 Å². The molecule has 0 aromatic heterocycles. The number of nitrogens with zero attached hydrogens (tertiary/aromatic N) is 1. The first-order valence-electron chi connectivity index (χ1n) is 6.90. The molecule has 1 aromatic carbocycles. The number of halogens is 1. The zero-order valence-electron chi connectivity index (χ0n) is 12.1. The summed E-state index contributed by atoms with van der Waals surface area (Å²) >= 11 is 0. The fourth-order valence-corrected chi connectivity index (χ4v) is 2.49. The molecular weight excluding hydrogens is 272 g/mol. The minimum atomic E-state index is 0. The monoisotopic (exact) mass is 294 g/mol. The van der Waals surface area contributed by atoms with Gasteiger partial charge in [-0.3, -0.25) is 4.79 Å². The van der Waals surface area contributed by atoms with Crippen molar-refractivity contribution in [3.8, 4) is 0 Å². The lowest BCUT2D eigenvalue weighted by Crippen LogP contribution is -2.39. The fourth-order valence-electron chi connectivity index (χ4n) is 2.49. The number of carbonyl (C=O) groups excluding carboxylic acids is 1. The van der Waals surface area contributed by atoms with Crippen molar-refractivity contribution in [1.82, 2.24) is 4.90 Å². The van der Waals surface area contributed by atoms with Crippen LogP contribution in [0.1, 0.15) is 29.8 Å². The number of nitrogens with two attached hydrogens (primary N) is 1. The summed E-state index contributed by atoms with van der Waals surface area (Å²) in [5.41, 5.74) is 7.47. The highest BCUT2D eigenvalue weighted by atomic mass is 35.5. The Labute approximate surface area is 127 Å². The highest BCUT2D eigenvalue weighted by Gasteiger charge is 2.27. The standard InChI is InChI=1S/C16H22N2O.ClH/c1-12(2)15-4-3-11-18(15)16(19)14-7-5-13(6-8-14)9-10-17;/h3-8,12,15H,9-11,17H2,1-2H3;1H. The summed E-state index contributed by atoms with van der Waals surface area (Å²) < 4.78 is 0. The Balaban J connectivity index is 0.00000200. The van der Waals surface area contributed by atoms with E-state index < -0.39 is 0 Å². The van der Waals surface area contributed by atoms with Crippen LogP contribution in [0.25, 0.3) is 0 Å². The van der Waals surface area contributed by atoms with Crippen LogP contribution in [0, 0.1) is 5.92 Å². The van der Waals surface area contributed by atoms with Crippen LogP contribution in [-0.4, -0.2) is 29.9 Å². The Morgan fingerprint density at radius 3 is 2.55 bits per heavy atom. The van der Waals surface area contributed by atoms with E-state index in [2.05, 4.69) is 26.0 Å². The Morgan fingerprint density at radius 1 is 1.35 bits per heavy atom. The lowest BCUT2D eigenvalue weighted by atomic mass is 10.0. The molecule has 20 heavy (non-hydrogen) atoms. The molecule has 110 valence electrons. The van der Waals surface area contributed by atoms with Gasteiger partial charge in [0.1, 0.15) is 0 Å². The van der Waals surface area contributed by atoms with E-state index in [0.717, 1.165) is 12.0 Å². The van der Waals surface area contributed by atoms with Crippen LogP contribution in [0.15, 0.2) is 36.4 Å². The molecule has 2 N–H and O–H groups in total. The van der Waals surface area contributed by atoms with Crippen LogP contribution in [-0.2, 0) is 6.42 Å². The maximum Gasteiger partial charge on any atom is 0.254 e. The van der Waals surface area contributed by atoms with Gasteiger partial charge in [0.15, 0.2) is 0 Å². The summed E-state index contributed by atoms with van der Waals surface area (Å²) in [6, 6.07) is 8.02. The van der Waals surface area contributed by atoms with Gasteiger partial charge in [0, 0.05) is 12.1 Å². The maximum absolute atomic E-state index is 12.5. The fraction of sp³-hybridized carbons (Fsp3) is 0.438. The molecular formula is C16H23ClN2O. The third-order valence-corrected chi connectivity index (χ3v) is 3.57. The molecule has 1 unspecified atom stereocenters. The number of rotatable bonds is 4. The van der Waals surface area contributed by atoms with Gasteiger partial charge >= 0.3 is 0 Å². The van der Waals surface area contributed by atoms with Crippen molar-refractivity contribution in [1.29, 1.82) is 0 Å². The normalized spacial score (nSPS) is 17.4. The molecule has 0 spiro atoms. The molecule has 0 bridgehead atoms. The number of amides is 1. The van der Waals surface area contributed by atoms with Crippen molar-refractivity contribution < 1.29 is 4.79 Å². The summed E-state index contributed by atoms with van der Waals surface area (Å²) in [4.78, 5) is 14.4. The predicted octanol–water partition coefficient (Wildman–Crippen LogP) is 2.65. The van der Waals surface area contributed by atoms with Gasteiger partial charge in [-0.2, -0.15) is 0 Å². The minimum absolute atomic E-state index is 0. The van der Waals surface area contributed by atoms with Crippen LogP contribution in [0.2, 0.25) is 0 Å². The lowest BCUT2D eigenvalue weighted by molar-refractivity contribution is 0.0720. The molecule has 1 aliphatic heterocycles. The van der Waals surface area contributed by atoms with Crippen LogP contribution < -0.4 is 5.73 Å². The Kier molecular flexibility index (Phi) is 6.24. The summed E-state index contributed by atoms with van der Waals surface area (Å²) in [6.45, 7) is 5.64. The van der Waals surface area contributed by atoms with Crippen LogP contribution in [0.5, 0.6) is 0 Å². The molecule has 4 heteroatoms. The van der Waals surface area contributed by atoms with E-state index in [-0.39, 0.29) is 24.4 Å². The molecule has 0 saturated carbocycles. The average Bonchev–Trinajstić information content (AvgIpc) is 2.88. The second-order valence-electron chi connectivity index (χ2n) is 5.36. The van der Waals surface area contributed by atoms with Crippen molar-refractivity contribution in [2.24, 2.45) is 11.7 Å². The van der Waals surface area contributed by atoms with Crippen molar-refractivity contribution in [3.05, 3.63) is 47.5 Å². The molecule has 0 saturated heterocycles. The zero-order valence-corrected chi connectivity index (χ0v) is 12.9. The van der Waals surface area contributed by atoms with Gasteiger partial charge in [-0.15, -0.1) is 12.4 Å². The molecule has 0 fully saturated rings. The van der Waals surface area contributed by atoms with Crippen molar-refractivity contribution >= 4 is 18.3 Å². The molecule has 2 rings (SSSR count). The summed E-state index contributed by atoms with van der Waals surface area (Å²) in [6.07, 6.45) is 5.06. The molecule has 1 aliphatic rings. The van der Waals surface area contributed by atoms with E-state index >= 15 is 0 Å². The first-order chi connectivity index (χ1) is 9.13. The first-order valence-corrected chi connectivity index (χ1v) is 6.90. The number of benzene rings is 1. The molecule has 1 atom stereocenters. The summed E-state index contributed by atoms with van der Waals surface area (Å²) in [7, 11) is 0. The van der Waals surface area contributed by atoms with Gasteiger partial charge < -0.3 is 10.6 Å². The van der Waals surface area contributed by atoms with E-state index in [1.165, 1.54) is 5.56 Å². The van der Waals surface area contributed by atoms with Crippen LogP contribution in [0.4, 0.5) is 0 Å². The summed E-state index contributed by atoms with van der Waals surface area (Å²) in [5, 5.41) is 0. The minimum Gasteiger partial charge on any atom is -0.330 e. The van der Waals surface area contributed by atoms with E-state index in [9.17, 15) is 4.79 Å². The maximum atomic E-state index is 12.5. The molecule has 1 aromatic rings. The molecule has 1 heterocycles. The van der Waals surface area contributed by atoms with Crippen molar-refractivity contribution in [2.75, 3.05) is 13.1 Å². The first kappa shape index (κ1) is 16.7. The highest BCUT2D eigenvalue weighted by molar-refractivity contribution is 5.95. The van der Waals surface area contributed by atoms with Gasteiger partial charge in [-0.1, -0.05) is 38.1 Å². The molecule has 3 nitrogen and oxygen atoms in total. The number of carbonyl (C=O) groups is 1. The smallest absolute Gasteiger partial charge is 0.254 e. The van der Waals surface area contributed by atoms with E-state index in [4.69, 9.17) is 5.73 Å². The van der Waals surface area contributed by atoms with Gasteiger partial charge in [-0.25, -0.2) is 0 Å². The SMILES string of the molecule is CC(C)C1C=CCN1C(=O)c1ccc(CCN)cc1.Cl. The Morgan fingerprint density at radius 2 is 2.00 bits per heavy atom. The second-order valence-corrected chi connectivity index (χ2v) is 5.36. The number of hydrogen-bond donors (Lipinski definition) is 1. The van der Waals surface area contributed by atoms with Gasteiger partial charge in [0.25, 0.3) is 5.91 Å². The van der Waals surface area contributed by atoms with Gasteiger partial charge in [0.05, 0.1) is 6.04 Å². The van der Waals surface area contributed by atoms with E-state index in [1.54, 1.807) is 0 Å². The van der Waals surface area contributed by atoms with Crippen molar-refractivity contribution in [3.63, 3.8) is 0 Å². The third kappa shape index (κ3) is 3.62. The quantitative estimate of drug-likeness (QED) is 0.868. The number of hydrogen-bond acceptors (Lipinski definition) is 2. The highest BCUT2D eigenvalue weighted by Crippen LogP contribution is 2.20. The van der Waals surface area contributed by atoms with Crippen molar-refractivity contribution in [2.45, 2.75) is 26.3 Å². The third-order valence-electron chi connectivity index (χ3n) is 3.57. The topological polar surface area (TPSA) is 46.3 Å².